The molecule has 0 radical (unpaired) electrons. The average Bonchev–Trinajstić information content (AvgIpc) is 2.22. The number of hydrogen-bond donors (Lipinski definition) is 0. The Hall–Kier alpha value is 0.630. The Kier molecular flexibility index (Phi) is 7.35. The minimum atomic E-state index is -2.46. The van der Waals surface area contributed by atoms with E-state index in [9.17, 15) is 4.21 Å². The molecular formula is C12H27BrOS. The Morgan fingerprint density at radius 1 is 0.800 bits per heavy atom. The minimum Gasteiger partial charge on any atom is -0.272 e. The van der Waals surface area contributed by atoms with Crippen molar-refractivity contribution in [1.82, 2.24) is 0 Å². The number of halogens is 1. The van der Waals surface area contributed by atoms with Crippen LogP contribution in [0.4, 0.5) is 0 Å². The third-order valence-corrected chi connectivity index (χ3v) is 9.32. The van der Waals surface area contributed by atoms with Gasteiger partial charge < -0.3 is 0 Å². The predicted molar refractivity (Wildman–Crippen MR) is 76.4 cm³/mol. The fraction of sp³-hybridized carbons (Fsp3) is 1.00. The lowest BCUT2D eigenvalue weighted by Gasteiger charge is -2.36. The van der Waals surface area contributed by atoms with E-state index in [1.165, 1.54) is 0 Å². The third-order valence-electron chi connectivity index (χ3n) is 2.84. The van der Waals surface area contributed by atoms with E-state index in [2.05, 4.69) is 35.6 Å². The SMILES string of the molecule is CCCCS(=O)(Br)(CCCC)CCCC. The lowest BCUT2D eigenvalue weighted by molar-refractivity contribution is 0.654. The number of rotatable bonds is 9. The highest BCUT2D eigenvalue weighted by Crippen LogP contribution is 2.37. The summed E-state index contributed by atoms with van der Waals surface area (Å²) < 4.78 is 13.0. The van der Waals surface area contributed by atoms with Gasteiger partial charge in [-0.3, -0.25) is 4.21 Å². The molecule has 3 heteroatoms. The molecule has 0 fully saturated rings. The van der Waals surface area contributed by atoms with Crippen LogP contribution in [0.5, 0.6) is 0 Å². The highest BCUT2D eigenvalue weighted by atomic mass is 79.9. The van der Waals surface area contributed by atoms with Gasteiger partial charge in [0.1, 0.15) is 0 Å². The summed E-state index contributed by atoms with van der Waals surface area (Å²) in [6, 6.07) is 0. The maximum Gasteiger partial charge on any atom is 0.0126 e. The molecule has 0 N–H and O–H groups in total. The molecule has 0 spiro atoms. The van der Waals surface area contributed by atoms with E-state index in [1.54, 1.807) is 0 Å². The van der Waals surface area contributed by atoms with Crippen molar-refractivity contribution in [3.05, 3.63) is 0 Å². The van der Waals surface area contributed by atoms with Crippen LogP contribution >= 0.6 is 14.8 Å². The zero-order valence-corrected chi connectivity index (χ0v) is 13.0. The van der Waals surface area contributed by atoms with Gasteiger partial charge in [-0.2, -0.15) is 0 Å². The van der Waals surface area contributed by atoms with E-state index in [1.807, 2.05) is 0 Å². The third kappa shape index (κ3) is 6.72. The van der Waals surface area contributed by atoms with E-state index < -0.39 is 7.50 Å². The molecule has 0 amide bonds. The summed E-state index contributed by atoms with van der Waals surface area (Å²) in [4.78, 5) is 0. The predicted octanol–water partition coefficient (Wildman–Crippen LogP) is 4.52. The molecule has 0 aliphatic carbocycles. The summed E-state index contributed by atoms with van der Waals surface area (Å²) in [6.45, 7) is 6.50. The average molecular weight is 299 g/mol. The largest absolute Gasteiger partial charge is 0.272 e. The molecule has 0 aromatic heterocycles. The standard InChI is InChI=1S/C12H27BrOS/c1-4-7-10-15(13,14,11-8-5-2)12-9-6-3/h4-12H2,1-3H3. The van der Waals surface area contributed by atoms with Gasteiger partial charge in [0.05, 0.1) is 0 Å². The molecule has 0 aromatic rings. The van der Waals surface area contributed by atoms with Crippen LogP contribution in [0.25, 0.3) is 0 Å². The zero-order valence-electron chi connectivity index (χ0n) is 10.6. The van der Waals surface area contributed by atoms with Gasteiger partial charge in [0.15, 0.2) is 0 Å². The highest BCUT2D eigenvalue weighted by molar-refractivity contribution is 9.53. The molecule has 1 nitrogen and oxygen atoms in total. The second-order valence-corrected chi connectivity index (χ2v) is 13.4. The zero-order chi connectivity index (χ0) is 11.8. The molecule has 0 bridgehead atoms. The van der Waals surface area contributed by atoms with Crippen LogP contribution in [-0.2, 0) is 7.50 Å². The Morgan fingerprint density at radius 2 is 1.07 bits per heavy atom. The van der Waals surface area contributed by atoms with Crippen molar-refractivity contribution in [1.29, 1.82) is 0 Å². The highest BCUT2D eigenvalue weighted by Gasteiger charge is 2.31. The van der Waals surface area contributed by atoms with Gasteiger partial charge >= 0.3 is 0 Å². The van der Waals surface area contributed by atoms with E-state index in [-0.39, 0.29) is 0 Å². The van der Waals surface area contributed by atoms with Crippen molar-refractivity contribution in [2.75, 3.05) is 17.3 Å². The van der Waals surface area contributed by atoms with E-state index in [4.69, 9.17) is 0 Å². The fourth-order valence-electron chi connectivity index (χ4n) is 1.69. The second kappa shape index (κ2) is 7.05. The molecule has 0 aromatic carbocycles. The van der Waals surface area contributed by atoms with Crippen molar-refractivity contribution in [2.24, 2.45) is 0 Å². The first-order valence-corrected chi connectivity index (χ1v) is 10.6. The molecule has 0 aliphatic rings. The van der Waals surface area contributed by atoms with Crippen LogP contribution in [0.3, 0.4) is 0 Å². The number of hydrogen-bond acceptors (Lipinski definition) is 1. The Morgan fingerprint density at radius 3 is 1.27 bits per heavy atom. The first-order chi connectivity index (χ1) is 6.96. The monoisotopic (exact) mass is 298 g/mol. The van der Waals surface area contributed by atoms with E-state index >= 15 is 0 Å². The van der Waals surface area contributed by atoms with Gasteiger partial charge in [-0.05, 0) is 41.6 Å². The summed E-state index contributed by atoms with van der Waals surface area (Å²) >= 11 is 3.65. The lowest BCUT2D eigenvalue weighted by Crippen LogP contribution is -2.36. The lowest BCUT2D eigenvalue weighted by atomic mass is 10.4. The van der Waals surface area contributed by atoms with Crippen molar-refractivity contribution >= 4 is 22.3 Å². The van der Waals surface area contributed by atoms with Crippen LogP contribution in [0.15, 0.2) is 0 Å². The minimum absolute atomic E-state index is 0.883. The Balaban J connectivity index is 4.41. The first-order valence-electron chi connectivity index (χ1n) is 6.31. The number of unbranched alkanes of at least 4 members (excludes halogenated alkanes) is 3. The summed E-state index contributed by atoms with van der Waals surface area (Å²) in [6.07, 6.45) is 6.67. The van der Waals surface area contributed by atoms with Crippen molar-refractivity contribution in [3.63, 3.8) is 0 Å². The van der Waals surface area contributed by atoms with Crippen LogP contribution in [-0.4, -0.2) is 21.5 Å². The fourth-order valence-corrected chi connectivity index (χ4v) is 7.14. The molecule has 0 rings (SSSR count). The topological polar surface area (TPSA) is 17.1 Å². The molecule has 15 heavy (non-hydrogen) atoms. The smallest absolute Gasteiger partial charge is 0.0126 e. The quantitative estimate of drug-likeness (QED) is 0.572. The van der Waals surface area contributed by atoms with Crippen LogP contribution < -0.4 is 0 Å². The van der Waals surface area contributed by atoms with Crippen molar-refractivity contribution < 1.29 is 4.21 Å². The van der Waals surface area contributed by atoms with Crippen molar-refractivity contribution in [3.8, 4) is 0 Å². The molecule has 0 saturated carbocycles. The molecule has 0 saturated heterocycles. The maximum absolute atomic E-state index is 13.0. The van der Waals surface area contributed by atoms with Crippen LogP contribution in [0, 0.1) is 0 Å². The molecule has 0 atom stereocenters. The van der Waals surface area contributed by atoms with Gasteiger partial charge in [0.25, 0.3) is 0 Å². The Bertz CT molecular complexity index is 194. The molecule has 0 aliphatic heterocycles. The van der Waals surface area contributed by atoms with Gasteiger partial charge in [-0.15, -0.1) is 0 Å². The van der Waals surface area contributed by atoms with Gasteiger partial charge in [-0.1, -0.05) is 40.0 Å². The molecular weight excluding hydrogens is 272 g/mol. The van der Waals surface area contributed by atoms with Crippen molar-refractivity contribution in [2.45, 2.75) is 59.3 Å². The maximum atomic E-state index is 13.0. The van der Waals surface area contributed by atoms with E-state index in [0.29, 0.717) is 0 Å². The van der Waals surface area contributed by atoms with Gasteiger partial charge in [-0.25, -0.2) is 0 Å². The van der Waals surface area contributed by atoms with Gasteiger partial charge in [0, 0.05) is 17.3 Å². The molecule has 0 unspecified atom stereocenters. The Labute approximate surface area is 103 Å². The summed E-state index contributed by atoms with van der Waals surface area (Å²) in [5, 5.41) is 0. The summed E-state index contributed by atoms with van der Waals surface area (Å²) in [5.41, 5.74) is 0. The van der Waals surface area contributed by atoms with E-state index in [0.717, 1.165) is 55.8 Å². The second-order valence-electron chi connectivity index (χ2n) is 4.53. The summed E-state index contributed by atoms with van der Waals surface area (Å²) in [5.74, 6) is 2.65. The van der Waals surface area contributed by atoms with Crippen LogP contribution in [0.1, 0.15) is 59.3 Å². The molecule has 94 valence electrons. The normalized spacial score (nSPS) is 14.8. The summed E-state index contributed by atoms with van der Waals surface area (Å²) in [7, 11) is -2.46. The van der Waals surface area contributed by atoms with Gasteiger partial charge in [0.2, 0.25) is 0 Å². The first kappa shape index (κ1) is 15.6. The molecule has 0 heterocycles. The van der Waals surface area contributed by atoms with Crippen LogP contribution in [0.2, 0.25) is 0 Å².